The fourth-order valence-corrected chi connectivity index (χ4v) is 6.46. The zero-order valence-corrected chi connectivity index (χ0v) is 23.6. The molecular weight excluding hydrogens is 530 g/mol. The maximum absolute atomic E-state index is 14.2. The Morgan fingerprint density at radius 1 is 1.07 bits per heavy atom. The van der Waals surface area contributed by atoms with Gasteiger partial charge in [0.2, 0.25) is 23.0 Å². The van der Waals surface area contributed by atoms with Gasteiger partial charge in [0.25, 0.3) is 0 Å². The summed E-state index contributed by atoms with van der Waals surface area (Å²) in [5.41, 5.74) is 2.38. The SMILES string of the molecule is C[CH]C(=O)N[C@H](C(=O)N1C[C@@H](Oc2cnc(Cl)nc2)C[C@H]1C(=O)N[C@@H]1CCCc2ccccc21)C1CCCCC1. The van der Waals surface area contributed by atoms with Gasteiger partial charge in [-0.2, -0.15) is 0 Å². The van der Waals surface area contributed by atoms with E-state index < -0.39 is 18.2 Å². The van der Waals surface area contributed by atoms with E-state index in [1.54, 1.807) is 11.8 Å². The van der Waals surface area contributed by atoms with Crippen molar-refractivity contribution in [1.29, 1.82) is 0 Å². The minimum absolute atomic E-state index is 0.0312. The van der Waals surface area contributed by atoms with Crippen molar-refractivity contribution in [2.24, 2.45) is 5.92 Å². The van der Waals surface area contributed by atoms with Crippen molar-refractivity contribution in [2.45, 2.75) is 88.9 Å². The highest BCUT2D eigenvalue weighted by molar-refractivity contribution is 6.28. The molecule has 1 saturated carbocycles. The predicted octanol–water partition coefficient (Wildman–Crippen LogP) is 3.96. The summed E-state index contributed by atoms with van der Waals surface area (Å²) in [6.07, 6.45) is 12.0. The molecule has 2 aliphatic carbocycles. The highest BCUT2D eigenvalue weighted by Gasteiger charge is 2.45. The van der Waals surface area contributed by atoms with Gasteiger partial charge in [-0.15, -0.1) is 0 Å². The number of aromatic nitrogens is 2. The van der Waals surface area contributed by atoms with Crippen LogP contribution < -0.4 is 15.4 Å². The van der Waals surface area contributed by atoms with E-state index in [2.05, 4.69) is 32.7 Å². The van der Waals surface area contributed by atoms with E-state index in [1.165, 1.54) is 24.4 Å². The number of halogens is 1. The first-order chi connectivity index (χ1) is 19.4. The standard InChI is InChI=1S/C30H37ClN5O4/c1-2-26(37)35-27(20-10-4-3-5-11-20)29(39)36-18-21(40-22-16-32-30(31)33-17-22)15-25(36)28(38)34-24-14-8-12-19-9-6-7-13-23(19)24/h2,6-7,9,13,16-17,20-21,24-25,27H,3-5,8,10-12,14-15,18H2,1H3,(H,34,38)(H,35,37)/t21-,24+,25-,27-/m0/s1. The van der Waals surface area contributed by atoms with Crippen molar-refractivity contribution in [3.05, 3.63) is 59.5 Å². The lowest BCUT2D eigenvalue weighted by Gasteiger charge is -2.35. The van der Waals surface area contributed by atoms with Crippen LogP contribution in [0.25, 0.3) is 0 Å². The van der Waals surface area contributed by atoms with E-state index in [1.807, 2.05) is 12.1 Å². The predicted molar refractivity (Wildman–Crippen MR) is 150 cm³/mol. The minimum atomic E-state index is -0.728. The van der Waals surface area contributed by atoms with Gasteiger partial charge in [-0.05, 0) is 60.7 Å². The van der Waals surface area contributed by atoms with Crippen LogP contribution in [-0.2, 0) is 20.8 Å². The topological polar surface area (TPSA) is 114 Å². The van der Waals surface area contributed by atoms with E-state index in [-0.39, 0.29) is 41.5 Å². The van der Waals surface area contributed by atoms with Crippen LogP contribution in [0.4, 0.5) is 0 Å². The molecule has 0 unspecified atom stereocenters. The second-order valence-corrected chi connectivity index (χ2v) is 11.3. The molecular formula is C30H37ClN5O4. The largest absolute Gasteiger partial charge is 0.485 e. The molecule has 2 fully saturated rings. The molecule has 0 spiro atoms. The lowest BCUT2D eigenvalue weighted by atomic mass is 9.83. The monoisotopic (exact) mass is 566 g/mol. The molecule has 4 atom stereocenters. The van der Waals surface area contributed by atoms with Crippen molar-refractivity contribution < 1.29 is 19.1 Å². The van der Waals surface area contributed by atoms with Crippen LogP contribution in [0, 0.1) is 12.3 Å². The molecule has 10 heteroatoms. The van der Waals surface area contributed by atoms with Crippen LogP contribution in [-0.4, -0.2) is 57.3 Å². The first-order valence-corrected chi connectivity index (χ1v) is 14.7. The average molecular weight is 567 g/mol. The Kier molecular flexibility index (Phi) is 9.19. The number of likely N-dealkylation sites (tertiary alicyclic amines) is 1. The van der Waals surface area contributed by atoms with E-state index in [0.717, 1.165) is 56.9 Å². The zero-order chi connectivity index (χ0) is 28.1. The quantitative estimate of drug-likeness (QED) is 0.468. The van der Waals surface area contributed by atoms with Gasteiger partial charge in [0, 0.05) is 12.8 Å². The van der Waals surface area contributed by atoms with Crippen molar-refractivity contribution >= 4 is 29.3 Å². The third kappa shape index (κ3) is 6.57. The molecule has 1 aliphatic heterocycles. The van der Waals surface area contributed by atoms with Crippen molar-refractivity contribution in [1.82, 2.24) is 25.5 Å². The van der Waals surface area contributed by atoms with Crippen molar-refractivity contribution in [2.75, 3.05) is 6.54 Å². The molecule has 2 N–H and O–H groups in total. The molecule has 1 saturated heterocycles. The molecule has 1 aromatic heterocycles. The summed E-state index contributed by atoms with van der Waals surface area (Å²) < 4.78 is 6.11. The van der Waals surface area contributed by atoms with Crippen molar-refractivity contribution in [3.8, 4) is 5.75 Å². The van der Waals surface area contributed by atoms with Gasteiger partial charge in [0.1, 0.15) is 18.2 Å². The minimum Gasteiger partial charge on any atom is -0.485 e. The lowest BCUT2D eigenvalue weighted by molar-refractivity contribution is -0.143. The highest BCUT2D eigenvalue weighted by atomic mass is 35.5. The number of benzene rings is 1. The third-order valence-electron chi connectivity index (χ3n) is 8.38. The van der Waals surface area contributed by atoms with Gasteiger partial charge < -0.3 is 20.3 Å². The number of nitrogens with zero attached hydrogens (tertiary/aromatic N) is 3. The number of rotatable bonds is 8. The molecule has 0 bridgehead atoms. The fourth-order valence-electron chi connectivity index (χ4n) is 6.36. The van der Waals surface area contributed by atoms with E-state index in [9.17, 15) is 14.4 Å². The van der Waals surface area contributed by atoms with Crippen LogP contribution in [0.1, 0.15) is 75.5 Å². The number of aryl methyl sites for hydroxylation is 1. The highest BCUT2D eigenvalue weighted by Crippen LogP contribution is 2.33. The number of fused-ring (bicyclic) bond motifs is 1. The Bertz CT molecular complexity index is 1200. The van der Waals surface area contributed by atoms with E-state index in [0.29, 0.717) is 12.2 Å². The number of carbonyl (C=O) groups excluding carboxylic acids is 3. The summed E-state index contributed by atoms with van der Waals surface area (Å²) in [7, 11) is 0. The van der Waals surface area contributed by atoms with E-state index in [4.69, 9.17) is 16.3 Å². The molecule has 1 radical (unpaired) electrons. The molecule has 3 amide bonds. The number of amides is 3. The summed E-state index contributed by atoms with van der Waals surface area (Å²) in [4.78, 5) is 50.0. The van der Waals surface area contributed by atoms with Gasteiger partial charge in [-0.25, -0.2) is 9.97 Å². The van der Waals surface area contributed by atoms with Crippen molar-refractivity contribution in [3.63, 3.8) is 0 Å². The van der Waals surface area contributed by atoms with Crippen LogP contribution >= 0.6 is 11.6 Å². The summed E-state index contributed by atoms with van der Waals surface area (Å²) in [6, 6.07) is 6.67. The normalized spacial score (nSPS) is 23.6. The second-order valence-electron chi connectivity index (χ2n) is 11.0. The molecule has 1 aromatic carbocycles. The summed E-state index contributed by atoms with van der Waals surface area (Å²) in [6.45, 7) is 1.87. The Morgan fingerprint density at radius 2 is 1.82 bits per heavy atom. The molecule has 9 nitrogen and oxygen atoms in total. The molecule has 2 heterocycles. The average Bonchev–Trinajstić information content (AvgIpc) is 3.41. The summed E-state index contributed by atoms with van der Waals surface area (Å²) >= 11 is 5.83. The maximum atomic E-state index is 14.2. The second kappa shape index (κ2) is 13.0. The van der Waals surface area contributed by atoms with Crippen LogP contribution in [0.3, 0.4) is 0 Å². The summed E-state index contributed by atoms with van der Waals surface area (Å²) in [5, 5.41) is 6.30. The van der Waals surface area contributed by atoms with Crippen LogP contribution in [0.5, 0.6) is 5.75 Å². The first-order valence-electron chi connectivity index (χ1n) is 14.4. The number of ether oxygens (including phenoxy) is 1. The Hall–Kier alpha value is -3.20. The van der Waals surface area contributed by atoms with E-state index >= 15 is 0 Å². The Morgan fingerprint density at radius 3 is 2.58 bits per heavy atom. The molecule has 2 aromatic rings. The Balaban J connectivity index is 1.38. The Labute approximate surface area is 240 Å². The smallest absolute Gasteiger partial charge is 0.246 e. The number of nitrogens with one attached hydrogen (secondary N) is 2. The lowest BCUT2D eigenvalue weighted by Crippen LogP contribution is -2.56. The number of hydrogen-bond acceptors (Lipinski definition) is 6. The first kappa shape index (κ1) is 28.3. The number of hydrogen-bond donors (Lipinski definition) is 2. The van der Waals surface area contributed by atoms with Crippen LogP contribution in [0.2, 0.25) is 5.28 Å². The molecule has 3 aliphatic rings. The fraction of sp³-hybridized carbons (Fsp3) is 0.533. The zero-order valence-electron chi connectivity index (χ0n) is 22.9. The van der Waals surface area contributed by atoms with Gasteiger partial charge in [-0.3, -0.25) is 14.4 Å². The molecule has 213 valence electrons. The van der Waals surface area contributed by atoms with Gasteiger partial charge in [0.05, 0.1) is 25.0 Å². The number of carbonyl (C=O) groups is 3. The van der Waals surface area contributed by atoms with Gasteiger partial charge >= 0.3 is 0 Å². The maximum Gasteiger partial charge on any atom is 0.246 e. The molecule has 5 rings (SSSR count). The van der Waals surface area contributed by atoms with Crippen LogP contribution in [0.15, 0.2) is 36.7 Å². The molecule has 40 heavy (non-hydrogen) atoms. The third-order valence-corrected chi connectivity index (χ3v) is 8.58. The summed E-state index contributed by atoms with van der Waals surface area (Å²) in [5.74, 6) is -0.270. The van der Waals surface area contributed by atoms with Gasteiger partial charge in [0.15, 0.2) is 5.75 Å². The van der Waals surface area contributed by atoms with Gasteiger partial charge in [-0.1, -0.05) is 50.5 Å².